The zero-order chi connectivity index (χ0) is 11.2. The first-order valence-electron chi connectivity index (χ1n) is 6.13. The summed E-state index contributed by atoms with van der Waals surface area (Å²) in [6.45, 7) is 1.87. The van der Waals surface area contributed by atoms with Crippen molar-refractivity contribution in [2.24, 2.45) is 5.92 Å². The summed E-state index contributed by atoms with van der Waals surface area (Å²) in [6, 6.07) is 10.3. The van der Waals surface area contributed by atoms with Crippen molar-refractivity contribution in [1.29, 1.82) is 0 Å². The maximum atomic E-state index is 6.38. The van der Waals surface area contributed by atoms with Gasteiger partial charge in [0.25, 0.3) is 0 Å². The second-order valence-electron chi connectivity index (χ2n) is 4.54. The van der Waals surface area contributed by atoms with Gasteiger partial charge < -0.3 is 4.74 Å². The van der Waals surface area contributed by atoms with Crippen molar-refractivity contribution in [2.75, 3.05) is 13.2 Å². The number of ether oxygens (including phenoxy) is 1. The van der Waals surface area contributed by atoms with Gasteiger partial charge in [0.15, 0.2) is 0 Å². The number of alkyl halides is 1. The molecule has 0 amide bonds. The maximum Gasteiger partial charge on any atom is 0.0585 e. The van der Waals surface area contributed by atoms with Crippen LogP contribution in [0, 0.1) is 5.92 Å². The molecule has 1 fully saturated rings. The van der Waals surface area contributed by atoms with Crippen LogP contribution in [-0.4, -0.2) is 13.2 Å². The fraction of sp³-hybridized carbons (Fsp3) is 0.571. The van der Waals surface area contributed by atoms with Crippen molar-refractivity contribution in [1.82, 2.24) is 0 Å². The molecule has 16 heavy (non-hydrogen) atoms. The molecule has 1 aromatic carbocycles. The zero-order valence-electron chi connectivity index (χ0n) is 9.57. The molecule has 0 radical (unpaired) electrons. The topological polar surface area (TPSA) is 9.23 Å². The molecule has 0 bridgehead atoms. The minimum atomic E-state index is 0.156. The Morgan fingerprint density at radius 1 is 1.31 bits per heavy atom. The van der Waals surface area contributed by atoms with E-state index in [1.165, 1.54) is 24.8 Å². The van der Waals surface area contributed by atoms with Crippen LogP contribution < -0.4 is 0 Å². The second kappa shape index (κ2) is 6.27. The van der Waals surface area contributed by atoms with Gasteiger partial charge >= 0.3 is 0 Å². The Kier molecular flexibility index (Phi) is 4.68. The van der Waals surface area contributed by atoms with Crippen LogP contribution in [-0.2, 0) is 4.74 Å². The van der Waals surface area contributed by atoms with Crippen molar-refractivity contribution in [3.05, 3.63) is 35.9 Å². The lowest BCUT2D eigenvalue weighted by Gasteiger charge is -2.22. The Hall–Kier alpha value is -0.530. The molecule has 1 heterocycles. The van der Waals surface area contributed by atoms with Gasteiger partial charge in [0.1, 0.15) is 0 Å². The maximum absolute atomic E-state index is 6.38. The van der Waals surface area contributed by atoms with Crippen molar-refractivity contribution in [3.8, 4) is 0 Å². The Labute approximate surface area is 103 Å². The molecule has 1 aromatic rings. The van der Waals surface area contributed by atoms with Gasteiger partial charge in [0, 0.05) is 13.2 Å². The molecule has 0 aromatic heterocycles. The number of hydrogen-bond acceptors (Lipinski definition) is 1. The van der Waals surface area contributed by atoms with Crippen molar-refractivity contribution in [2.45, 2.75) is 31.1 Å². The summed E-state index contributed by atoms with van der Waals surface area (Å²) in [5, 5.41) is 0.156. The van der Waals surface area contributed by atoms with E-state index in [0.29, 0.717) is 0 Å². The lowest BCUT2D eigenvalue weighted by molar-refractivity contribution is 0.0508. The molecule has 0 aliphatic carbocycles. The molecular weight excluding hydrogens is 220 g/mol. The van der Waals surface area contributed by atoms with Crippen molar-refractivity contribution < 1.29 is 4.74 Å². The van der Waals surface area contributed by atoms with E-state index < -0.39 is 0 Å². The Morgan fingerprint density at radius 2 is 2.12 bits per heavy atom. The minimum absolute atomic E-state index is 0.156. The van der Waals surface area contributed by atoms with Crippen LogP contribution in [0.2, 0.25) is 0 Å². The normalized spacial score (nSPS) is 22.9. The molecule has 1 saturated heterocycles. The van der Waals surface area contributed by atoms with E-state index in [0.717, 1.165) is 25.6 Å². The van der Waals surface area contributed by atoms with E-state index in [2.05, 4.69) is 24.3 Å². The van der Waals surface area contributed by atoms with E-state index in [1.807, 2.05) is 6.07 Å². The predicted molar refractivity (Wildman–Crippen MR) is 67.8 cm³/mol. The second-order valence-corrected chi connectivity index (χ2v) is 5.07. The average Bonchev–Trinajstić information content (AvgIpc) is 2.38. The van der Waals surface area contributed by atoms with Crippen molar-refractivity contribution in [3.63, 3.8) is 0 Å². The SMILES string of the molecule is ClC(CCC1CCCOC1)c1ccccc1. The quantitative estimate of drug-likeness (QED) is 0.716. The highest BCUT2D eigenvalue weighted by Gasteiger charge is 2.16. The van der Waals surface area contributed by atoms with Crippen LogP contribution in [0.15, 0.2) is 30.3 Å². The molecule has 1 aliphatic rings. The largest absolute Gasteiger partial charge is 0.381 e. The highest BCUT2D eigenvalue weighted by molar-refractivity contribution is 6.20. The smallest absolute Gasteiger partial charge is 0.0585 e. The summed E-state index contributed by atoms with van der Waals surface area (Å²) in [5.41, 5.74) is 1.24. The molecule has 0 spiro atoms. The standard InChI is InChI=1S/C14H19ClO/c15-14(13-6-2-1-3-7-13)9-8-12-5-4-10-16-11-12/h1-3,6-7,12,14H,4-5,8-11H2. The Bertz CT molecular complexity index is 293. The summed E-state index contributed by atoms with van der Waals surface area (Å²) in [7, 11) is 0. The van der Waals surface area contributed by atoms with E-state index in [1.54, 1.807) is 0 Å². The highest BCUT2D eigenvalue weighted by atomic mass is 35.5. The fourth-order valence-corrected chi connectivity index (χ4v) is 2.52. The number of halogens is 1. The fourth-order valence-electron chi connectivity index (χ4n) is 2.25. The number of benzene rings is 1. The average molecular weight is 239 g/mol. The molecule has 2 heteroatoms. The Morgan fingerprint density at radius 3 is 2.81 bits per heavy atom. The van der Waals surface area contributed by atoms with Gasteiger partial charge in [0.2, 0.25) is 0 Å². The van der Waals surface area contributed by atoms with Gasteiger partial charge in [-0.05, 0) is 37.2 Å². The lowest BCUT2D eigenvalue weighted by atomic mass is 9.94. The summed E-state index contributed by atoms with van der Waals surface area (Å²) in [5.74, 6) is 0.721. The van der Waals surface area contributed by atoms with Gasteiger partial charge in [-0.1, -0.05) is 30.3 Å². The number of hydrogen-bond donors (Lipinski definition) is 0. The van der Waals surface area contributed by atoms with Gasteiger partial charge in [0.05, 0.1) is 5.38 Å². The van der Waals surface area contributed by atoms with Crippen molar-refractivity contribution >= 4 is 11.6 Å². The van der Waals surface area contributed by atoms with Crippen LogP contribution in [0.1, 0.15) is 36.6 Å². The van der Waals surface area contributed by atoms with E-state index in [-0.39, 0.29) is 5.38 Å². The molecule has 1 nitrogen and oxygen atoms in total. The van der Waals surface area contributed by atoms with Gasteiger partial charge in [-0.2, -0.15) is 0 Å². The molecule has 0 N–H and O–H groups in total. The van der Waals surface area contributed by atoms with Crippen LogP contribution in [0.4, 0.5) is 0 Å². The minimum Gasteiger partial charge on any atom is -0.381 e. The van der Waals surface area contributed by atoms with Crippen LogP contribution >= 0.6 is 11.6 Å². The van der Waals surface area contributed by atoms with Crippen LogP contribution in [0.3, 0.4) is 0 Å². The van der Waals surface area contributed by atoms with E-state index in [9.17, 15) is 0 Å². The van der Waals surface area contributed by atoms with Crippen LogP contribution in [0.25, 0.3) is 0 Å². The molecular formula is C14H19ClO. The highest BCUT2D eigenvalue weighted by Crippen LogP contribution is 2.29. The Balaban J connectivity index is 1.77. The summed E-state index contributed by atoms with van der Waals surface area (Å²) in [4.78, 5) is 0. The van der Waals surface area contributed by atoms with E-state index in [4.69, 9.17) is 16.3 Å². The third-order valence-corrected chi connectivity index (χ3v) is 3.71. The molecule has 88 valence electrons. The summed E-state index contributed by atoms with van der Waals surface area (Å²) >= 11 is 6.38. The van der Waals surface area contributed by atoms with Gasteiger partial charge in [-0.3, -0.25) is 0 Å². The molecule has 1 aliphatic heterocycles. The van der Waals surface area contributed by atoms with Gasteiger partial charge in [-0.25, -0.2) is 0 Å². The monoisotopic (exact) mass is 238 g/mol. The summed E-state index contributed by atoms with van der Waals surface area (Å²) < 4.78 is 5.48. The van der Waals surface area contributed by atoms with Crippen LogP contribution in [0.5, 0.6) is 0 Å². The zero-order valence-corrected chi connectivity index (χ0v) is 10.3. The van der Waals surface area contributed by atoms with Gasteiger partial charge in [-0.15, -0.1) is 11.6 Å². The molecule has 2 atom stereocenters. The third-order valence-electron chi connectivity index (χ3n) is 3.24. The number of rotatable bonds is 4. The molecule has 2 unspecified atom stereocenters. The first-order chi connectivity index (χ1) is 7.86. The first kappa shape index (κ1) is 11.9. The third kappa shape index (κ3) is 3.50. The lowest BCUT2D eigenvalue weighted by Crippen LogP contribution is -2.17. The first-order valence-corrected chi connectivity index (χ1v) is 6.56. The predicted octanol–water partition coefficient (Wildman–Crippen LogP) is 4.17. The van der Waals surface area contributed by atoms with E-state index >= 15 is 0 Å². The summed E-state index contributed by atoms with van der Waals surface area (Å²) in [6.07, 6.45) is 4.75. The molecule has 2 rings (SSSR count). The molecule has 0 saturated carbocycles.